The fraction of sp³-hybridized carbons (Fsp3) is 0.742. The van der Waals surface area contributed by atoms with Gasteiger partial charge in [-0.1, -0.05) is 52.5 Å². The van der Waals surface area contributed by atoms with Crippen LogP contribution in [0.4, 0.5) is 0 Å². The van der Waals surface area contributed by atoms with Crippen molar-refractivity contribution >= 4 is 16.6 Å². The molecule has 1 heterocycles. The highest BCUT2D eigenvalue weighted by atomic mass is 28.4. The first-order valence-electron chi connectivity index (χ1n) is 14.4. The molecule has 1 aromatic rings. The second-order valence-electron chi connectivity index (χ2n) is 14.4. The Kier molecular flexibility index (Phi) is 9.00. The Morgan fingerprint density at radius 3 is 2.31 bits per heavy atom. The monoisotopic (exact) mass is 530 g/mol. The van der Waals surface area contributed by atoms with Crippen molar-refractivity contribution in [1.29, 1.82) is 0 Å². The zero-order valence-electron chi connectivity index (χ0n) is 25.3. The summed E-state index contributed by atoms with van der Waals surface area (Å²) in [4.78, 5) is 0. The van der Waals surface area contributed by atoms with Gasteiger partial charge < -0.3 is 13.6 Å². The molecule has 0 saturated carbocycles. The molecular weight excluding hydrogens is 477 g/mol. The summed E-state index contributed by atoms with van der Waals surface area (Å²) in [6.07, 6.45) is 10.9. The molecule has 1 aliphatic carbocycles. The lowest BCUT2D eigenvalue weighted by atomic mass is 9.66. The van der Waals surface area contributed by atoms with Crippen molar-refractivity contribution in [1.82, 2.24) is 0 Å². The normalized spacial score (nSPS) is 21.8. The quantitative estimate of drug-likeness (QED) is 0.162. The van der Waals surface area contributed by atoms with Gasteiger partial charge in [-0.25, -0.2) is 0 Å². The van der Waals surface area contributed by atoms with E-state index in [1.165, 1.54) is 48.8 Å². The topological polar surface area (TPSA) is 27.7 Å². The first-order valence-corrected chi connectivity index (χ1v) is 21.2. The van der Waals surface area contributed by atoms with E-state index in [1.807, 2.05) is 0 Å². The highest BCUT2D eigenvalue weighted by Gasteiger charge is 2.47. The van der Waals surface area contributed by atoms with E-state index in [0.717, 1.165) is 30.9 Å². The third-order valence-electron chi connectivity index (χ3n) is 7.91. The molecule has 1 aliphatic heterocycles. The minimum Gasteiger partial charge on any atom is -0.544 e. The fourth-order valence-corrected chi connectivity index (χ4v) is 7.26. The molecule has 0 saturated heterocycles. The summed E-state index contributed by atoms with van der Waals surface area (Å²) in [6.45, 7) is 26.1. The zero-order valence-corrected chi connectivity index (χ0v) is 27.3. The fourth-order valence-electron chi connectivity index (χ4n) is 5.82. The van der Waals surface area contributed by atoms with Gasteiger partial charge in [0.15, 0.2) is 8.32 Å². The number of hydrogen-bond donors (Lipinski definition) is 0. The van der Waals surface area contributed by atoms with Crippen LogP contribution in [0.2, 0.25) is 39.3 Å². The van der Waals surface area contributed by atoms with Crippen LogP contribution in [0.3, 0.4) is 0 Å². The summed E-state index contributed by atoms with van der Waals surface area (Å²) < 4.78 is 20.0. The van der Waals surface area contributed by atoms with E-state index in [1.54, 1.807) is 0 Å². The van der Waals surface area contributed by atoms with E-state index in [4.69, 9.17) is 13.6 Å². The standard InChI is InChI=1S/C31H54O3Si2/c1-12-13-14-15-18-30(2,3)24-20-27-29(28(21-24)34-36(9,10)11)25-19-23(22-32-35(6,7)8)16-17-26(25)31(4,5)33-27/h16,20-21,25-26H,12-15,17-19,22H2,1-11H3/t25-,26-/m1/s1. The first kappa shape index (κ1) is 29.5. The smallest absolute Gasteiger partial charge is 0.242 e. The second kappa shape index (κ2) is 11.0. The molecule has 0 radical (unpaired) electrons. The molecule has 2 aliphatic rings. The number of unbranched alkanes of at least 4 members (excludes halogenated alkanes) is 3. The maximum Gasteiger partial charge on any atom is 0.242 e. The van der Waals surface area contributed by atoms with Gasteiger partial charge in [-0.05, 0) is 101 Å². The molecule has 0 N–H and O–H groups in total. The molecule has 0 aromatic heterocycles. The lowest BCUT2D eigenvalue weighted by Crippen LogP contribution is -2.46. The highest BCUT2D eigenvalue weighted by molar-refractivity contribution is 6.70. The van der Waals surface area contributed by atoms with Crippen LogP contribution in [-0.2, 0) is 9.84 Å². The number of ether oxygens (including phenoxy) is 1. The SMILES string of the molecule is CCCCCCC(C)(C)c1cc2c(c(O[Si](C)(C)C)c1)[C@@H]1CC(CO[Si](C)(C)C)=CC[C@H]1C(C)(C)O2. The minimum atomic E-state index is -1.81. The van der Waals surface area contributed by atoms with E-state index in [2.05, 4.69) is 92.1 Å². The van der Waals surface area contributed by atoms with Gasteiger partial charge in [0, 0.05) is 17.4 Å². The number of rotatable bonds is 11. The van der Waals surface area contributed by atoms with Crippen LogP contribution in [0.1, 0.15) is 96.6 Å². The number of benzene rings is 1. The predicted molar refractivity (Wildman–Crippen MR) is 160 cm³/mol. The molecule has 1 aromatic carbocycles. The lowest BCUT2D eigenvalue weighted by Gasteiger charge is -2.48. The Bertz CT molecular complexity index is 934. The molecule has 204 valence electrons. The van der Waals surface area contributed by atoms with Crippen LogP contribution in [0.15, 0.2) is 23.8 Å². The molecule has 0 unspecified atom stereocenters. The van der Waals surface area contributed by atoms with Crippen LogP contribution < -0.4 is 9.16 Å². The van der Waals surface area contributed by atoms with E-state index in [-0.39, 0.29) is 11.0 Å². The molecule has 0 amide bonds. The molecule has 0 bridgehead atoms. The second-order valence-corrected chi connectivity index (χ2v) is 23.4. The summed E-state index contributed by atoms with van der Waals surface area (Å²) in [5.41, 5.74) is 3.99. The van der Waals surface area contributed by atoms with Crippen molar-refractivity contribution in [3.05, 3.63) is 34.9 Å². The summed E-state index contributed by atoms with van der Waals surface area (Å²) in [5, 5.41) is 0. The van der Waals surface area contributed by atoms with Crippen molar-refractivity contribution in [2.75, 3.05) is 6.61 Å². The van der Waals surface area contributed by atoms with E-state index in [9.17, 15) is 0 Å². The van der Waals surface area contributed by atoms with Crippen molar-refractivity contribution in [3.63, 3.8) is 0 Å². The molecule has 5 heteroatoms. The molecular formula is C31H54O3Si2. The highest BCUT2D eigenvalue weighted by Crippen LogP contribution is 2.55. The maximum atomic E-state index is 6.86. The third kappa shape index (κ3) is 7.51. The number of fused-ring (bicyclic) bond motifs is 3. The number of allylic oxidation sites excluding steroid dienone is 1. The largest absolute Gasteiger partial charge is 0.544 e. The molecule has 3 rings (SSSR count). The Balaban J connectivity index is 2.02. The third-order valence-corrected chi connectivity index (χ3v) is 9.76. The van der Waals surface area contributed by atoms with Gasteiger partial charge in [-0.15, -0.1) is 0 Å². The molecule has 36 heavy (non-hydrogen) atoms. The summed E-state index contributed by atoms with van der Waals surface area (Å²) in [7, 11) is -3.37. The molecule has 0 spiro atoms. The Labute approximate surface area is 224 Å². The van der Waals surface area contributed by atoms with Gasteiger partial charge in [0.1, 0.15) is 17.1 Å². The van der Waals surface area contributed by atoms with Gasteiger partial charge in [0.05, 0.1) is 6.61 Å². The van der Waals surface area contributed by atoms with E-state index in [0.29, 0.717) is 11.8 Å². The summed E-state index contributed by atoms with van der Waals surface area (Å²) >= 11 is 0. The van der Waals surface area contributed by atoms with Crippen molar-refractivity contribution < 1.29 is 13.6 Å². The molecule has 0 fully saturated rings. The van der Waals surface area contributed by atoms with Crippen LogP contribution in [0.25, 0.3) is 0 Å². The average molecular weight is 531 g/mol. The van der Waals surface area contributed by atoms with Gasteiger partial charge in [-0.3, -0.25) is 0 Å². The summed E-state index contributed by atoms with van der Waals surface area (Å²) in [6, 6.07) is 4.74. The van der Waals surface area contributed by atoms with Crippen LogP contribution in [0, 0.1) is 5.92 Å². The van der Waals surface area contributed by atoms with Crippen molar-refractivity contribution in [2.45, 2.75) is 136 Å². The van der Waals surface area contributed by atoms with Gasteiger partial charge >= 0.3 is 0 Å². The Morgan fingerprint density at radius 2 is 1.69 bits per heavy atom. The van der Waals surface area contributed by atoms with Gasteiger partial charge in [-0.2, -0.15) is 0 Å². The average Bonchev–Trinajstić information content (AvgIpc) is 2.72. The van der Waals surface area contributed by atoms with Gasteiger partial charge in [0.2, 0.25) is 8.32 Å². The predicted octanol–water partition coefficient (Wildman–Crippen LogP) is 9.59. The first-order chi connectivity index (χ1) is 16.5. The van der Waals surface area contributed by atoms with Crippen molar-refractivity contribution in [3.8, 4) is 11.5 Å². The molecule has 2 atom stereocenters. The van der Waals surface area contributed by atoms with E-state index >= 15 is 0 Å². The lowest BCUT2D eigenvalue weighted by molar-refractivity contribution is 0.00701. The van der Waals surface area contributed by atoms with Crippen LogP contribution in [0.5, 0.6) is 11.5 Å². The Morgan fingerprint density at radius 1 is 1.00 bits per heavy atom. The zero-order chi connectivity index (χ0) is 26.9. The van der Waals surface area contributed by atoms with Crippen LogP contribution >= 0.6 is 0 Å². The van der Waals surface area contributed by atoms with Crippen molar-refractivity contribution in [2.24, 2.45) is 5.92 Å². The van der Waals surface area contributed by atoms with E-state index < -0.39 is 16.6 Å². The minimum absolute atomic E-state index is 0.0908. The molecule has 3 nitrogen and oxygen atoms in total. The number of hydrogen-bond acceptors (Lipinski definition) is 3. The Hall–Kier alpha value is -1.05. The maximum absolute atomic E-state index is 6.86. The van der Waals surface area contributed by atoms with Crippen LogP contribution in [-0.4, -0.2) is 28.8 Å². The van der Waals surface area contributed by atoms with Gasteiger partial charge in [0.25, 0.3) is 0 Å². The summed E-state index contributed by atoms with van der Waals surface area (Å²) in [5.74, 6) is 2.99.